The Morgan fingerprint density at radius 2 is 2.12 bits per heavy atom. The molecule has 1 heterocycles. The van der Waals surface area contributed by atoms with Crippen molar-refractivity contribution in [2.45, 2.75) is 38.6 Å². The molecule has 0 amide bonds. The van der Waals surface area contributed by atoms with E-state index in [9.17, 15) is 0 Å². The first-order valence-electron chi connectivity index (χ1n) is 6.67. The summed E-state index contributed by atoms with van der Waals surface area (Å²) < 4.78 is 0. The molecule has 0 bridgehead atoms. The standard InChI is InChI=1S/C15H24N2/c1-12-7-6-9-15(17(2)3)14(12)11-13-8-4-5-10-16-13/h6-7,9,13,16H,4-5,8,10-11H2,1-3H3. The largest absolute Gasteiger partial charge is 0.377 e. The van der Waals surface area contributed by atoms with Crippen molar-refractivity contribution in [3.63, 3.8) is 0 Å². The van der Waals surface area contributed by atoms with Crippen molar-refractivity contribution in [2.75, 3.05) is 25.5 Å². The van der Waals surface area contributed by atoms with Crippen LogP contribution < -0.4 is 10.2 Å². The zero-order valence-corrected chi connectivity index (χ0v) is 11.3. The maximum atomic E-state index is 3.64. The number of nitrogens with one attached hydrogen (secondary N) is 1. The van der Waals surface area contributed by atoms with Crippen LogP contribution in [0.2, 0.25) is 0 Å². The lowest BCUT2D eigenvalue weighted by atomic mass is 9.94. The smallest absolute Gasteiger partial charge is 0.0396 e. The van der Waals surface area contributed by atoms with Gasteiger partial charge in [0.05, 0.1) is 0 Å². The first-order chi connectivity index (χ1) is 8.18. The van der Waals surface area contributed by atoms with E-state index in [1.807, 2.05) is 0 Å². The number of hydrogen-bond acceptors (Lipinski definition) is 2. The Balaban J connectivity index is 2.18. The van der Waals surface area contributed by atoms with Crippen LogP contribution in [0.15, 0.2) is 18.2 Å². The van der Waals surface area contributed by atoms with Gasteiger partial charge in [0.1, 0.15) is 0 Å². The van der Waals surface area contributed by atoms with E-state index in [2.05, 4.69) is 49.4 Å². The molecule has 1 fully saturated rings. The molecule has 2 heteroatoms. The molecule has 1 unspecified atom stereocenters. The molecule has 2 nitrogen and oxygen atoms in total. The van der Waals surface area contributed by atoms with Crippen LogP contribution in [0.5, 0.6) is 0 Å². The van der Waals surface area contributed by atoms with Crippen molar-refractivity contribution >= 4 is 5.69 Å². The summed E-state index contributed by atoms with van der Waals surface area (Å²) in [4.78, 5) is 2.23. The molecule has 1 aliphatic heterocycles. The van der Waals surface area contributed by atoms with Gasteiger partial charge >= 0.3 is 0 Å². The van der Waals surface area contributed by atoms with Gasteiger partial charge in [-0.2, -0.15) is 0 Å². The van der Waals surface area contributed by atoms with Gasteiger partial charge in [-0.1, -0.05) is 18.6 Å². The van der Waals surface area contributed by atoms with E-state index in [1.165, 1.54) is 49.0 Å². The van der Waals surface area contributed by atoms with Gasteiger partial charge in [-0.05, 0) is 49.9 Å². The summed E-state index contributed by atoms with van der Waals surface area (Å²) in [6.45, 7) is 3.42. The SMILES string of the molecule is Cc1cccc(N(C)C)c1CC1CCCCN1. The van der Waals surface area contributed by atoms with Crippen molar-refractivity contribution in [1.82, 2.24) is 5.32 Å². The van der Waals surface area contributed by atoms with E-state index in [0.29, 0.717) is 6.04 Å². The third-order valence-electron chi connectivity index (χ3n) is 3.73. The van der Waals surface area contributed by atoms with E-state index in [4.69, 9.17) is 0 Å². The van der Waals surface area contributed by atoms with Gasteiger partial charge in [0.2, 0.25) is 0 Å². The van der Waals surface area contributed by atoms with Gasteiger partial charge in [0.25, 0.3) is 0 Å². The van der Waals surface area contributed by atoms with Crippen molar-refractivity contribution in [1.29, 1.82) is 0 Å². The average Bonchev–Trinajstić information content (AvgIpc) is 2.33. The average molecular weight is 232 g/mol. The number of piperidine rings is 1. The molecule has 2 rings (SSSR count). The fourth-order valence-electron chi connectivity index (χ4n) is 2.72. The minimum atomic E-state index is 0.670. The van der Waals surface area contributed by atoms with Gasteiger partial charge in [-0.3, -0.25) is 0 Å². The highest BCUT2D eigenvalue weighted by molar-refractivity contribution is 5.56. The zero-order valence-electron chi connectivity index (χ0n) is 11.3. The molecule has 0 radical (unpaired) electrons. The number of nitrogens with zero attached hydrogens (tertiary/aromatic N) is 1. The quantitative estimate of drug-likeness (QED) is 0.862. The molecule has 1 N–H and O–H groups in total. The van der Waals surface area contributed by atoms with Crippen LogP contribution in [-0.2, 0) is 6.42 Å². The Morgan fingerprint density at radius 3 is 2.76 bits per heavy atom. The fraction of sp³-hybridized carbons (Fsp3) is 0.600. The van der Waals surface area contributed by atoms with Gasteiger partial charge in [-0.25, -0.2) is 0 Å². The van der Waals surface area contributed by atoms with Gasteiger partial charge in [0, 0.05) is 25.8 Å². The Labute approximate surface area is 105 Å². The number of aryl methyl sites for hydroxylation is 1. The van der Waals surface area contributed by atoms with E-state index >= 15 is 0 Å². The van der Waals surface area contributed by atoms with E-state index in [1.54, 1.807) is 0 Å². The summed E-state index contributed by atoms with van der Waals surface area (Å²) in [6, 6.07) is 7.28. The summed E-state index contributed by atoms with van der Waals surface area (Å²) in [5.41, 5.74) is 4.30. The van der Waals surface area contributed by atoms with Crippen LogP contribution >= 0.6 is 0 Å². The molecule has 0 aromatic heterocycles. The van der Waals surface area contributed by atoms with E-state index < -0.39 is 0 Å². The molecule has 0 spiro atoms. The minimum Gasteiger partial charge on any atom is -0.377 e. The van der Waals surface area contributed by atoms with Crippen molar-refractivity contribution in [2.24, 2.45) is 0 Å². The predicted molar refractivity (Wildman–Crippen MR) is 74.9 cm³/mol. The van der Waals surface area contributed by atoms with Crippen molar-refractivity contribution < 1.29 is 0 Å². The van der Waals surface area contributed by atoms with E-state index in [-0.39, 0.29) is 0 Å². The lowest BCUT2D eigenvalue weighted by Crippen LogP contribution is -2.36. The second kappa shape index (κ2) is 5.54. The van der Waals surface area contributed by atoms with Crippen LogP contribution in [0.4, 0.5) is 5.69 Å². The highest BCUT2D eigenvalue weighted by atomic mass is 15.1. The molecule has 1 saturated heterocycles. The lowest BCUT2D eigenvalue weighted by Gasteiger charge is -2.27. The van der Waals surface area contributed by atoms with Crippen LogP contribution in [0, 0.1) is 6.92 Å². The summed E-state index contributed by atoms with van der Waals surface area (Å²) in [7, 11) is 4.26. The number of rotatable bonds is 3. The predicted octanol–water partition coefficient (Wildman–Crippen LogP) is 2.75. The van der Waals surface area contributed by atoms with Crippen LogP contribution in [0.1, 0.15) is 30.4 Å². The van der Waals surface area contributed by atoms with Gasteiger partial charge in [-0.15, -0.1) is 0 Å². The lowest BCUT2D eigenvalue weighted by molar-refractivity contribution is 0.399. The normalized spacial score (nSPS) is 20.3. The number of anilines is 1. The highest BCUT2D eigenvalue weighted by Gasteiger charge is 2.16. The molecular weight excluding hydrogens is 208 g/mol. The first-order valence-corrected chi connectivity index (χ1v) is 6.67. The first kappa shape index (κ1) is 12.4. The van der Waals surface area contributed by atoms with Crippen molar-refractivity contribution in [3.8, 4) is 0 Å². The Bertz CT molecular complexity index is 365. The minimum absolute atomic E-state index is 0.670. The zero-order chi connectivity index (χ0) is 12.3. The molecule has 1 atom stereocenters. The second-order valence-electron chi connectivity index (χ2n) is 5.32. The third kappa shape index (κ3) is 3.01. The third-order valence-corrected chi connectivity index (χ3v) is 3.73. The van der Waals surface area contributed by atoms with Crippen molar-refractivity contribution in [3.05, 3.63) is 29.3 Å². The molecule has 1 aromatic rings. The Morgan fingerprint density at radius 1 is 1.29 bits per heavy atom. The Hall–Kier alpha value is -1.02. The summed E-state index contributed by atoms with van der Waals surface area (Å²) in [6.07, 6.45) is 5.20. The maximum Gasteiger partial charge on any atom is 0.0396 e. The maximum absolute atomic E-state index is 3.64. The Kier molecular flexibility index (Phi) is 4.06. The molecule has 1 aliphatic rings. The molecular formula is C15H24N2. The summed E-state index contributed by atoms with van der Waals surface area (Å²) >= 11 is 0. The molecule has 17 heavy (non-hydrogen) atoms. The monoisotopic (exact) mass is 232 g/mol. The molecule has 94 valence electrons. The van der Waals surface area contributed by atoms with Crippen LogP contribution in [0.3, 0.4) is 0 Å². The second-order valence-corrected chi connectivity index (χ2v) is 5.32. The van der Waals surface area contributed by atoms with Gasteiger partial charge < -0.3 is 10.2 Å². The van der Waals surface area contributed by atoms with E-state index in [0.717, 1.165) is 0 Å². The number of hydrogen-bond donors (Lipinski definition) is 1. The number of benzene rings is 1. The van der Waals surface area contributed by atoms with Crippen LogP contribution in [0.25, 0.3) is 0 Å². The van der Waals surface area contributed by atoms with Gasteiger partial charge in [0.15, 0.2) is 0 Å². The van der Waals surface area contributed by atoms with Crippen LogP contribution in [-0.4, -0.2) is 26.7 Å². The molecule has 1 aromatic carbocycles. The summed E-state index contributed by atoms with van der Waals surface area (Å²) in [5.74, 6) is 0. The fourth-order valence-corrected chi connectivity index (χ4v) is 2.72. The topological polar surface area (TPSA) is 15.3 Å². The molecule has 0 aliphatic carbocycles. The summed E-state index contributed by atoms with van der Waals surface area (Å²) in [5, 5.41) is 3.64. The molecule has 0 saturated carbocycles. The highest BCUT2D eigenvalue weighted by Crippen LogP contribution is 2.25.